The zero-order chi connectivity index (χ0) is 4.00. The van der Waals surface area contributed by atoms with Crippen molar-refractivity contribution in [3.8, 4) is 0 Å². The molecule has 0 aromatic heterocycles. The van der Waals surface area contributed by atoms with Crippen LogP contribution < -0.4 is 0 Å². The summed E-state index contributed by atoms with van der Waals surface area (Å²) in [6, 6.07) is 0. The first-order valence-corrected chi connectivity index (χ1v) is 1.79. The third kappa shape index (κ3) is 31.9. The maximum Gasteiger partial charge on any atom is 0.252 e. The van der Waals surface area contributed by atoms with Gasteiger partial charge in [0.2, 0.25) is 0 Å². The largest absolute Gasteiger partial charge is 0.458 e. The van der Waals surface area contributed by atoms with Gasteiger partial charge in [0.25, 0.3) is 8.05 Å². The summed E-state index contributed by atoms with van der Waals surface area (Å²) >= 11 is 3.53. The average molecular weight is 77.9 g/mol. The molecule has 0 fully saturated rings. The smallest absolute Gasteiger partial charge is 0.252 e. The van der Waals surface area contributed by atoms with Crippen LogP contribution in [-0.4, -0.2) is 19.3 Å². The molecule has 3 heteroatoms. The number of hydrogen-bond donors (Lipinski definition) is 2. The molecule has 26 valence electrons. The van der Waals surface area contributed by atoms with E-state index in [1.807, 2.05) is 0 Å². The molecule has 0 heterocycles. The zero-order valence-electron chi connectivity index (χ0n) is 2.89. The van der Waals surface area contributed by atoms with Crippen molar-refractivity contribution in [3.63, 3.8) is 0 Å². The van der Waals surface area contributed by atoms with Crippen LogP contribution in [0.15, 0.2) is 0 Å². The predicted octanol–water partition coefficient (Wildman–Crippen LogP) is -0.927. The van der Waals surface area contributed by atoms with Crippen LogP contribution in [0.5, 0.6) is 0 Å². The molecule has 0 spiro atoms. The van der Waals surface area contributed by atoms with Gasteiger partial charge in [-0.1, -0.05) is 0 Å². The van der Waals surface area contributed by atoms with Crippen LogP contribution in [0.25, 0.3) is 0 Å². The second-order valence-corrected chi connectivity index (χ2v) is 0. The van der Waals surface area contributed by atoms with Crippen LogP contribution in [0.2, 0.25) is 0 Å². The van der Waals surface area contributed by atoms with Gasteiger partial charge >= 0.3 is 0 Å². The van der Waals surface area contributed by atoms with E-state index in [1.165, 1.54) is 0 Å². The van der Waals surface area contributed by atoms with Crippen molar-refractivity contribution in [1.29, 1.82) is 0 Å². The average Bonchev–Trinajstić information content (AvgIpc) is 1.50. The first-order valence-electron chi connectivity index (χ1n) is 0.894. The summed E-state index contributed by atoms with van der Waals surface area (Å²) in [6.07, 6.45) is 1.69. The van der Waals surface area contributed by atoms with Gasteiger partial charge in [-0.05, 0) is 6.26 Å². The van der Waals surface area contributed by atoms with E-state index in [-0.39, 0.29) is 0 Å². The first kappa shape index (κ1) is 8.83. The molecule has 1 N–H and O–H groups in total. The topological polar surface area (TPSA) is 20.2 Å². The minimum atomic E-state index is 1.00. The molecule has 0 bridgehead atoms. The summed E-state index contributed by atoms with van der Waals surface area (Å²) in [5.74, 6) is 0. The van der Waals surface area contributed by atoms with Crippen LogP contribution in [0, 0.1) is 0 Å². The molecule has 0 amide bonds. The van der Waals surface area contributed by atoms with E-state index in [1.54, 1.807) is 6.26 Å². The van der Waals surface area contributed by atoms with Gasteiger partial charge in [-0.15, -0.1) is 0 Å². The maximum atomic E-state index is 7.00. The Kier molecular flexibility index (Phi) is 299. The van der Waals surface area contributed by atoms with E-state index < -0.39 is 0 Å². The second-order valence-electron chi connectivity index (χ2n) is 0. The third-order valence-corrected chi connectivity index (χ3v) is 0. The minimum absolute atomic E-state index is 1.00. The summed E-state index contributed by atoms with van der Waals surface area (Å²) < 4.78 is 0. The van der Waals surface area contributed by atoms with Crippen molar-refractivity contribution < 1.29 is 5.02 Å². The molecule has 0 unspecified atom stereocenters. The fourth-order valence-electron chi connectivity index (χ4n) is 0. The highest BCUT2D eigenvalue weighted by molar-refractivity contribution is 7.79. The first-order chi connectivity index (χ1) is 2.00. The lowest BCUT2D eigenvalue weighted by atomic mass is 10.6. The molecule has 1 nitrogen and oxygen atoms in total. The predicted molar refractivity (Wildman–Crippen MR) is 25.7 cm³/mol. The van der Waals surface area contributed by atoms with Gasteiger partial charge in [-0.3, -0.25) is 0 Å². The van der Waals surface area contributed by atoms with E-state index >= 15 is 0 Å². The maximum absolute atomic E-state index is 7.00. The Morgan fingerprint density at radius 2 is 1.50 bits per heavy atom. The molecule has 0 aromatic carbocycles. The minimum Gasteiger partial charge on any atom is -0.458 e. The number of hydrogen-bond acceptors (Lipinski definition) is 2. The summed E-state index contributed by atoms with van der Waals surface area (Å²) in [7, 11) is 1.00. The van der Waals surface area contributed by atoms with Crippen molar-refractivity contribution in [2.75, 3.05) is 6.26 Å². The Morgan fingerprint density at radius 1 is 1.50 bits per heavy atom. The van der Waals surface area contributed by atoms with Crippen LogP contribution in [0.3, 0.4) is 0 Å². The molecule has 0 aromatic rings. The molecular formula is CH7BOS. The fourth-order valence-corrected chi connectivity index (χ4v) is 0. The summed E-state index contributed by atoms with van der Waals surface area (Å²) in [5, 5.41) is 7.00. The zero-order valence-corrected chi connectivity index (χ0v) is 3.79. The lowest BCUT2D eigenvalue weighted by Gasteiger charge is -1.16. The summed E-state index contributed by atoms with van der Waals surface area (Å²) in [5.41, 5.74) is 0. The normalized spacial score (nSPS) is 2.75. The van der Waals surface area contributed by atoms with E-state index in [0.717, 1.165) is 8.05 Å². The summed E-state index contributed by atoms with van der Waals surface area (Å²) in [4.78, 5) is 0. The molecular weight excluding hydrogens is 70.9 g/mol. The van der Waals surface area contributed by atoms with Gasteiger partial charge in [0.1, 0.15) is 0 Å². The Morgan fingerprint density at radius 3 is 1.50 bits per heavy atom. The van der Waals surface area contributed by atoms with Gasteiger partial charge in [0.15, 0.2) is 0 Å². The van der Waals surface area contributed by atoms with E-state index in [0.29, 0.717) is 0 Å². The van der Waals surface area contributed by atoms with Gasteiger partial charge in [-0.25, -0.2) is 0 Å². The lowest BCUT2D eigenvalue weighted by molar-refractivity contribution is 0.629. The van der Waals surface area contributed by atoms with Crippen molar-refractivity contribution in [3.05, 3.63) is 0 Å². The molecule has 0 aliphatic carbocycles. The quantitative estimate of drug-likeness (QED) is 0.283. The van der Waals surface area contributed by atoms with Crippen molar-refractivity contribution in [2.24, 2.45) is 0 Å². The lowest BCUT2D eigenvalue weighted by Crippen LogP contribution is -1.34. The SMILES string of the molecule is BO.CS. The van der Waals surface area contributed by atoms with Crippen molar-refractivity contribution in [2.45, 2.75) is 0 Å². The second kappa shape index (κ2) is 135. The van der Waals surface area contributed by atoms with E-state index in [2.05, 4.69) is 12.6 Å². The number of thiol groups is 1. The van der Waals surface area contributed by atoms with Crippen molar-refractivity contribution in [1.82, 2.24) is 0 Å². The number of rotatable bonds is 0. The van der Waals surface area contributed by atoms with Crippen LogP contribution in [0.1, 0.15) is 0 Å². The van der Waals surface area contributed by atoms with Crippen LogP contribution in [0.4, 0.5) is 0 Å². The molecule has 0 aliphatic rings. The molecule has 0 saturated carbocycles. The highest BCUT2D eigenvalue weighted by atomic mass is 32.1. The van der Waals surface area contributed by atoms with E-state index in [4.69, 9.17) is 5.02 Å². The molecule has 0 aliphatic heterocycles. The molecule has 0 saturated heterocycles. The van der Waals surface area contributed by atoms with Crippen LogP contribution >= 0.6 is 12.6 Å². The fraction of sp³-hybridized carbons (Fsp3) is 1.00. The Hall–Kier alpha value is 0.375. The highest BCUT2D eigenvalue weighted by Gasteiger charge is 0.958. The van der Waals surface area contributed by atoms with E-state index in [9.17, 15) is 0 Å². The molecule has 0 rings (SSSR count). The van der Waals surface area contributed by atoms with Gasteiger partial charge in [-0.2, -0.15) is 12.6 Å². The monoisotopic (exact) mass is 78.0 g/mol. The van der Waals surface area contributed by atoms with Crippen LogP contribution in [-0.2, 0) is 0 Å². The van der Waals surface area contributed by atoms with Gasteiger partial charge < -0.3 is 5.02 Å². The molecule has 0 atom stereocenters. The molecule has 4 heavy (non-hydrogen) atoms. The standard InChI is InChI=1S/CH4S.BH3O/c2*1-2/h2H,1H3;2H,1H2. The Labute approximate surface area is 32.9 Å². The van der Waals surface area contributed by atoms with Gasteiger partial charge in [0, 0.05) is 0 Å². The van der Waals surface area contributed by atoms with Gasteiger partial charge in [0.05, 0.1) is 0 Å². The van der Waals surface area contributed by atoms with Crippen molar-refractivity contribution >= 4 is 20.7 Å². The molecule has 0 radical (unpaired) electrons. The highest BCUT2D eigenvalue weighted by Crippen LogP contribution is 1.31. The summed E-state index contributed by atoms with van der Waals surface area (Å²) in [6.45, 7) is 0. The third-order valence-electron chi connectivity index (χ3n) is 0. The Balaban J connectivity index is 0. The Bertz CT molecular complexity index is 8.00.